The van der Waals surface area contributed by atoms with E-state index in [1.807, 2.05) is 0 Å². The fourth-order valence-electron chi connectivity index (χ4n) is 0.525. The van der Waals surface area contributed by atoms with Crippen LogP contribution in [0.3, 0.4) is 0 Å². The minimum atomic E-state index is -0.718. The van der Waals surface area contributed by atoms with Crippen molar-refractivity contribution in [2.75, 3.05) is 6.61 Å². The summed E-state index contributed by atoms with van der Waals surface area (Å²) < 4.78 is 4.85. The number of hydrogen-bond acceptors (Lipinski definition) is 4. The van der Waals surface area contributed by atoms with Crippen molar-refractivity contribution in [2.45, 2.75) is 26.2 Å². The Hall–Kier alpha value is -1.08. The third kappa shape index (κ3) is 22.4. The van der Waals surface area contributed by atoms with Crippen LogP contribution in [0, 0.1) is 0 Å². The zero-order valence-corrected chi connectivity index (χ0v) is 9.10. The molecule has 0 aromatic rings. The summed E-state index contributed by atoms with van der Waals surface area (Å²) in [7, 11) is 0. The number of hydrogen-bond donors (Lipinski definition) is 4. The Morgan fingerprint density at radius 2 is 1.93 bits per heavy atom. The van der Waals surface area contributed by atoms with E-state index in [1.54, 1.807) is 5.43 Å². The van der Waals surface area contributed by atoms with Crippen LogP contribution >= 0.6 is 12.2 Å². The molecule has 0 heterocycles. The van der Waals surface area contributed by atoms with Crippen LogP contribution in [0.4, 0.5) is 4.79 Å². The minimum Gasteiger partial charge on any atom is -0.471 e. The smallest absolute Gasteiger partial charge is 0.326 e. The van der Waals surface area contributed by atoms with E-state index in [9.17, 15) is 4.79 Å². The Morgan fingerprint density at radius 1 is 1.43 bits per heavy atom. The number of nitrogens with two attached hydrogens (primary N) is 3. The molecule has 0 aliphatic rings. The lowest BCUT2D eigenvalue weighted by Gasteiger charge is -2.00. The topological polar surface area (TPSA) is 116 Å². The van der Waals surface area contributed by atoms with Crippen LogP contribution in [0.1, 0.15) is 26.2 Å². The monoisotopic (exact) mass is 222 g/mol. The number of nitrogens with one attached hydrogen (secondary N) is 1. The number of amides is 2. The summed E-state index contributed by atoms with van der Waals surface area (Å²) in [6.45, 7) is 2.81. The van der Waals surface area contributed by atoms with Crippen molar-refractivity contribution >= 4 is 23.4 Å². The molecule has 0 bridgehead atoms. The van der Waals surface area contributed by atoms with Gasteiger partial charge in [-0.25, -0.2) is 10.6 Å². The van der Waals surface area contributed by atoms with Crippen LogP contribution < -0.4 is 22.7 Å². The van der Waals surface area contributed by atoms with Crippen molar-refractivity contribution in [3.8, 4) is 0 Å². The molecule has 7 heteroatoms. The zero-order valence-electron chi connectivity index (χ0n) is 8.29. The maximum atomic E-state index is 9.35. The largest absolute Gasteiger partial charge is 0.471 e. The first-order valence-corrected chi connectivity index (χ1v) is 4.63. The minimum absolute atomic E-state index is 0.158. The molecule has 0 aliphatic heterocycles. The van der Waals surface area contributed by atoms with Crippen LogP contribution in [-0.2, 0) is 4.74 Å². The first kappa shape index (κ1) is 15.4. The molecule has 2 amide bonds. The first-order chi connectivity index (χ1) is 6.54. The van der Waals surface area contributed by atoms with Crippen molar-refractivity contribution in [3.05, 3.63) is 0 Å². The maximum Gasteiger partial charge on any atom is 0.326 e. The molecule has 0 fully saturated rings. The molecule has 0 aromatic carbocycles. The lowest BCUT2D eigenvalue weighted by atomic mass is 10.3. The lowest BCUT2D eigenvalue weighted by molar-refractivity contribution is 0.249. The molecule has 84 valence electrons. The highest BCUT2D eigenvalue weighted by molar-refractivity contribution is 7.80. The number of thiocarbonyl (C=S) groups is 1. The van der Waals surface area contributed by atoms with Crippen LogP contribution in [0.25, 0.3) is 0 Å². The Morgan fingerprint density at radius 3 is 2.21 bits per heavy atom. The van der Waals surface area contributed by atoms with Crippen LogP contribution in [0.2, 0.25) is 0 Å². The Bertz CT molecular complexity index is 166. The van der Waals surface area contributed by atoms with E-state index in [-0.39, 0.29) is 5.17 Å². The summed E-state index contributed by atoms with van der Waals surface area (Å²) in [6.07, 6.45) is 3.43. The molecule has 0 unspecified atom stereocenters. The molecule has 7 N–H and O–H groups in total. The number of ether oxygens (including phenoxy) is 1. The number of hydrazine groups is 1. The van der Waals surface area contributed by atoms with Crippen molar-refractivity contribution < 1.29 is 9.53 Å². The predicted octanol–water partition coefficient (Wildman–Crippen LogP) is -0.0348. The second-order valence-corrected chi connectivity index (χ2v) is 2.79. The number of primary amides is 1. The summed E-state index contributed by atoms with van der Waals surface area (Å²) in [5, 5.41) is 0.158. The normalized spacial score (nSPS) is 8.14. The lowest BCUT2D eigenvalue weighted by Crippen LogP contribution is -2.34. The van der Waals surface area contributed by atoms with Crippen LogP contribution in [0.5, 0.6) is 0 Å². The zero-order chi connectivity index (χ0) is 11.4. The highest BCUT2D eigenvalue weighted by atomic mass is 32.1. The number of rotatable bonds is 4. The number of urea groups is 1. The molecule has 0 aromatic heterocycles. The first-order valence-electron chi connectivity index (χ1n) is 4.22. The van der Waals surface area contributed by atoms with E-state index in [4.69, 9.17) is 10.5 Å². The van der Waals surface area contributed by atoms with E-state index >= 15 is 0 Å². The van der Waals surface area contributed by atoms with Gasteiger partial charge in [-0.1, -0.05) is 19.8 Å². The second kappa shape index (κ2) is 11.9. The van der Waals surface area contributed by atoms with Gasteiger partial charge in [0.15, 0.2) is 0 Å². The molecule has 0 atom stereocenters. The number of carbonyl (C=O) groups is 1. The SMILES string of the molecule is CCCCCOC(N)=S.NNC(N)=O. The van der Waals surface area contributed by atoms with Gasteiger partial charge in [-0.15, -0.1) is 0 Å². The molecule has 0 spiro atoms. The third-order valence-corrected chi connectivity index (χ3v) is 1.25. The molecular formula is C7H18N4O2S. The van der Waals surface area contributed by atoms with Gasteiger partial charge in [-0.05, 0) is 18.6 Å². The van der Waals surface area contributed by atoms with Crippen molar-refractivity contribution in [1.29, 1.82) is 0 Å². The van der Waals surface area contributed by atoms with Crippen molar-refractivity contribution in [2.24, 2.45) is 17.3 Å². The number of unbranched alkanes of at least 4 members (excludes halogenated alkanes) is 2. The molecular weight excluding hydrogens is 204 g/mol. The van der Waals surface area contributed by atoms with E-state index in [0.29, 0.717) is 6.61 Å². The van der Waals surface area contributed by atoms with Gasteiger partial charge in [-0.2, -0.15) is 0 Å². The van der Waals surface area contributed by atoms with Gasteiger partial charge >= 0.3 is 6.03 Å². The maximum absolute atomic E-state index is 9.35. The van der Waals surface area contributed by atoms with E-state index in [1.165, 1.54) is 12.8 Å². The molecule has 0 radical (unpaired) electrons. The summed E-state index contributed by atoms with van der Waals surface area (Å²) in [5.41, 5.74) is 11.2. The molecule has 6 nitrogen and oxygen atoms in total. The van der Waals surface area contributed by atoms with Gasteiger partial charge in [0.25, 0.3) is 5.17 Å². The van der Waals surface area contributed by atoms with Gasteiger partial charge in [-0.3, -0.25) is 5.43 Å². The van der Waals surface area contributed by atoms with Gasteiger partial charge < -0.3 is 16.2 Å². The highest BCUT2D eigenvalue weighted by Gasteiger charge is 1.87. The van der Waals surface area contributed by atoms with Gasteiger partial charge in [0.2, 0.25) is 0 Å². The Labute approximate surface area is 89.1 Å². The van der Waals surface area contributed by atoms with Crippen LogP contribution in [0.15, 0.2) is 0 Å². The molecule has 0 saturated heterocycles. The summed E-state index contributed by atoms with van der Waals surface area (Å²) in [5.74, 6) is 4.45. The van der Waals surface area contributed by atoms with Gasteiger partial charge in [0.05, 0.1) is 6.61 Å². The number of carbonyl (C=O) groups excluding carboxylic acids is 1. The predicted molar refractivity (Wildman–Crippen MR) is 59.2 cm³/mol. The standard InChI is InChI=1S/C6H13NOS.CH5N3O/c1-2-3-4-5-8-6(7)9;2-1(5)4-3/h2-5H2,1H3,(H2,7,9);3H2,(H3,2,4,5). The summed E-state index contributed by atoms with van der Waals surface area (Å²) in [6, 6.07) is -0.718. The highest BCUT2D eigenvalue weighted by Crippen LogP contribution is 1.93. The summed E-state index contributed by atoms with van der Waals surface area (Å²) in [4.78, 5) is 9.35. The van der Waals surface area contributed by atoms with Gasteiger partial charge in [0.1, 0.15) is 0 Å². The second-order valence-electron chi connectivity index (χ2n) is 2.38. The average Bonchev–Trinajstić information content (AvgIpc) is 2.13. The fourth-order valence-corrected chi connectivity index (χ4v) is 0.608. The van der Waals surface area contributed by atoms with Crippen molar-refractivity contribution in [1.82, 2.24) is 5.43 Å². The quantitative estimate of drug-likeness (QED) is 0.175. The van der Waals surface area contributed by atoms with Crippen LogP contribution in [-0.4, -0.2) is 17.8 Å². The Balaban J connectivity index is 0. The summed E-state index contributed by atoms with van der Waals surface area (Å²) >= 11 is 4.50. The molecule has 0 aliphatic carbocycles. The van der Waals surface area contributed by atoms with E-state index in [2.05, 4.69) is 30.7 Å². The van der Waals surface area contributed by atoms with E-state index in [0.717, 1.165) is 6.42 Å². The molecule has 0 saturated carbocycles. The third-order valence-electron chi connectivity index (χ3n) is 1.13. The Kier molecular flexibility index (Phi) is 13.1. The average molecular weight is 222 g/mol. The van der Waals surface area contributed by atoms with E-state index < -0.39 is 6.03 Å². The van der Waals surface area contributed by atoms with Gasteiger partial charge in [0, 0.05) is 0 Å². The fraction of sp³-hybridized carbons (Fsp3) is 0.714. The molecule has 14 heavy (non-hydrogen) atoms. The molecule has 0 rings (SSSR count). The van der Waals surface area contributed by atoms with Crippen molar-refractivity contribution in [3.63, 3.8) is 0 Å².